The summed E-state index contributed by atoms with van der Waals surface area (Å²) in [7, 11) is 0. The Morgan fingerprint density at radius 3 is 2.73 bits per heavy atom. The molecule has 11 heteroatoms. The van der Waals surface area contributed by atoms with Crippen molar-refractivity contribution in [2.45, 2.75) is 71.4 Å². The summed E-state index contributed by atoms with van der Waals surface area (Å²) in [6.07, 6.45) is 7.18. The van der Waals surface area contributed by atoms with Gasteiger partial charge in [0.1, 0.15) is 24.0 Å². The summed E-state index contributed by atoms with van der Waals surface area (Å²) in [5.41, 5.74) is 3.11. The van der Waals surface area contributed by atoms with Gasteiger partial charge < -0.3 is 18.9 Å². The van der Waals surface area contributed by atoms with E-state index in [0.29, 0.717) is 56.0 Å². The molecule has 3 atom stereocenters. The number of halogens is 1. The van der Waals surface area contributed by atoms with Crippen molar-refractivity contribution < 1.29 is 19.1 Å². The number of aromatic nitrogens is 3. The van der Waals surface area contributed by atoms with Crippen molar-refractivity contribution in [1.29, 1.82) is 0 Å². The number of ether oxygens (including phenoxy) is 2. The Labute approximate surface area is 263 Å². The number of rotatable bonds is 4. The number of imidazole rings is 1. The van der Waals surface area contributed by atoms with Crippen LogP contribution in [0.15, 0.2) is 49.1 Å². The number of nitrogens with zero attached hydrogens (tertiary/aromatic N) is 6. The topological polar surface area (TPSA) is 93.0 Å². The number of hydrogen-bond acceptors (Lipinski definition) is 7. The van der Waals surface area contributed by atoms with E-state index in [1.54, 1.807) is 11.1 Å². The molecule has 3 aliphatic heterocycles. The molecule has 1 unspecified atom stereocenters. The van der Waals surface area contributed by atoms with Crippen molar-refractivity contribution in [2.24, 2.45) is 5.92 Å². The molecule has 234 valence electrons. The Morgan fingerprint density at radius 2 is 1.95 bits per heavy atom. The van der Waals surface area contributed by atoms with Crippen molar-refractivity contribution >= 4 is 23.6 Å². The SMILES string of the molecule is Cc1cn(C[C@@H]2CCCN(C(=O)C3CN([C@@H]4c5ccc(Cl)cc5OCc5cccnc54)CCN3C(=O)OC(C)(C)C)C2)cn1. The lowest BCUT2D eigenvalue weighted by atomic mass is 9.95. The molecule has 2 aromatic heterocycles. The van der Waals surface area contributed by atoms with E-state index in [1.165, 1.54) is 0 Å². The maximum Gasteiger partial charge on any atom is 0.411 e. The number of carbonyl (C=O) groups is 2. The zero-order valence-electron chi connectivity index (χ0n) is 25.9. The predicted molar refractivity (Wildman–Crippen MR) is 166 cm³/mol. The molecule has 0 saturated carbocycles. The zero-order chi connectivity index (χ0) is 31.0. The predicted octanol–water partition coefficient (Wildman–Crippen LogP) is 5.08. The maximum absolute atomic E-state index is 14.4. The molecule has 5 heterocycles. The van der Waals surface area contributed by atoms with Crippen molar-refractivity contribution in [3.05, 3.63) is 76.6 Å². The smallest absolute Gasteiger partial charge is 0.411 e. The summed E-state index contributed by atoms with van der Waals surface area (Å²) in [4.78, 5) is 43.0. The average Bonchev–Trinajstić information content (AvgIpc) is 3.32. The molecule has 44 heavy (non-hydrogen) atoms. The van der Waals surface area contributed by atoms with Gasteiger partial charge in [0.2, 0.25) is 5.91 Å². The van der Waals surface area contributed by atoms with Gasteiger partial charge in [0.15, 0.2) is 0 Å². The summed E-state index contributed by atoms with van der Waals surface area (Å²) in [6.45, 7) is 11.2. The first-order valence-electron chi connectivity index (χ1n) is 15.4. The van der Waals surface area contributed by atoms with Crippen LogP contribution in [0.5, 0.6) is 5.75 Å². The first-order valence-corrected chi connectivity index (χ1v) is 15.8. The number of carbonyl (C=O) groups excluding carboxylic acids is 2. The quantitative estimate of drug-likeness (QED) is 0.402. The number of likely N-dealkylation sites (tertiary alicyclic amines) is 1. The van der Waals surface area contributed by atoms with E-state index in [2.05, 4.69) is 14.5 Å². The highest BCUT2D eigenvalue weighted by molar-refractivity contribution is 6.30. The van der Waals surface area contributed by atoms with Crippen LogP contribution in [0, 0.1) is 12.8 Å². The molecule has 1 aromatic carbocycles. The summed E-state index contributed by atoms with van der Waals surface area (Å²) in [6, 6.07) is 8.64. The monoisotopic (exact) mass is 620 g/mol. The molecule has 3 aliphatic rings. The highest BCUT2D eigenvalue weighted by atomic mass is 35.5. The van der Waals surface area contributed by atoms with Gasteiger partial charge in [0, 0.05) is 67.8 Å². The fraction of sp³-hybridized carbons (Fsp3) is 0.515. The number of amides is 2. The molecule has 0 bridgehead atoms. The Kier molecular flexibility index (Phi) is 8.57. The third-order valence-corrected chi connectivity index (χ3v) is 8.83. The number of piperazine rings is 1. The molecule has 0 radical (unpaired) electrons. The van der Waals surface area contributed by atoms with E-state index in [9.17, 15) is 9.59 Å². The van der Waals surface area contributed by atoms with Crippen LogP contribution < -0.4 is 4.74 Å². The molecule has 0 spiro atoms. The third kappa shape index (κ3) is 6.56. The summed E-state index contributed by atoms with van der Waals surface area (Å²) in [5, 5.41) is 0.592. The van der Waals surface area contributed by atoms with Crippen molar-refractivity contribution in [1.82, 2.24) is 29.2 Å². The number of aryl methyl sites for hydroxylation is 1. The summed E-state index contributed by atoms with van der Waals surface area (Å²) in [5.74, 6) is 0.962. The van der Waals surface area contributed by atoms with E-state index in [4.69, 9.17) is 26.1 Å². The van der Waals surface area contributed by atoms with Crippen molar-refractivity contribution in [3.8, 4) is 5.75 Å². The number of pyridine rings is 1. The van der Waals surface area contributed by atoms with E-state index in [1.807, 2.05) is 75.5 Å². The molecule has 10 nitrogen and oxygen atoms in total. The lowest BCUT2D eigenvalue weighted by molar-refractivity contribution is -0.141. The molecular formula is C33H41ClN6O4. The first-order chi connectivity index (χ1) is 21.1. The minimum absolute atomic E-state index is 0.0467. The van der Waals surface area contributed by atoms with Crippen LogP contribution in [0.1, 0.15) is 62.2 Å². The molecule has 3 aromatic rings. The van der Waals surface area contributed by atoms with Crippen molar-refractivity contribution in [2.75, 3.05) is 32.7 Å². The van der Waals surface area contributed by atoms with Gasteiger partial charge in [-0.3, -0.25) is 19.6 Å². The zero-order valence-corrected chi connectivity index (χ0v) is 26.7. The highest BCUT2D eigenvalue weighted by Crippen LogP contribution is 2.41. The second-order valence-electron chi connectivity index (χ2n) is 13.1. The molecule has 6 rings (SSSR count). The molecule has 2 fully saturated rings. The second kappa shape index (κ2) is 12.4. The van der Waals surface area contributed by atoms with Gasteiger partial charge >= 0.3 is 6.09 Å². The van der Waals surface area contributed by atoms with Gasteiger partial charge in [0.25, 0.3) is 0 Å². The van der Waals surface area contributed by atoms with E-state index >= 15 is 0 Å². The Balaban J connectivity index is 1.30. The summed E-state index contributed by atoms with van der Waals surface area (Å²) >= 11 is 6.37. The van der Waals surface area contributed by atoms with E-state index < -0.39 is 17.7 Å². The highest BCUT2D eigenvalue weighted by Gasteiger charge is 2.43. The van der Waals surface area contributed by atoms with Crippen LogP contribution in [-0.4, -0.2) is 85.6 Å². The maximum atomic E-state index is 14.4. The van der Waals surface area contributed by atoms with Gasteiger partial charge in [-0.1, -0.05) is 23.7 Å². The van der Waals surface area contributed by atoms with Crippen LogP contribution in [0.2, 0.25) is 5.02 Å². The molecular weight excluding hydrogens is 580 g/mol. The largest absolute Gasteiger partial charge is 0.488 e. The van der Waals surface area contributed by atoms with Crippen LogP contribution in [0.3, 0.4) is 0 Å². The minimum atomic E-state index is -0.708. The number of benzene rings is 1. The lowest BCUT2D eigenvalue weighted by Crippen LogP contribution is -2.63. The number of hydrogen-bond donors (Lipinski definition) is 0. The molecule has 0 N–H and O–H groups in total. The van der Waals surface area contributed by atoms with Gasteiger partial charge in [0.05, 0.1) is 23.8 Å². The van der Waals surface area contributed by atoms with Gasteiger partial charge in [-0.2, -0.15) is 0 Å². The number of fused-ring (bicyclic) bond motifs is 2. The van der Waals surface area contributed by atoms with Crippen LogP contribution >= 0.6 is 11.6 Å². The van der Waals surface area contributed by atoms with Crippen LogP contribution in [0.25, 0.3) is 0 Å². The molecule has 2 amide bonds. The fourth-order valence-corrected chi connectivity index (χ4v) is 6.80. The van der Waals surface area contributed by atoms with E-state index in [-0.39, 0.29) is 11.9 Å². The van der Waals surface area contributed by atoms with Gasteiger partial charge in [-0.25, -0.2) is 9.78 Å². The van der Waals surface area contributed by atoms with Gasteiger partial charge in [-0.15, -0.1) is 0 Å². The third-order valence-electron chi connectivity index (χ3n) is 8.59. The van der Waals surface area contributed by atoms with Gasteiger partial charge in [-0.05, 0) is 64.7 Å². The number of piperidine rings is 1. The van der Waals surface area contributed by atoms with Crippen LogP contribution in [-0.2, 0) is 22.7 Å². The Hall–Kier alpha value is -3.63. The van der Waals surface area contributed by atoms with Crippen molar-refractivity contribution in [3.63, 3.8) is 0 Å². The fourth-order valence-electron chi connectivity index (χ4n) is 6.63. The van der Waals surface area contributed by atoms with E-state index in [0.717, 1.165) is 41.9 Å². The Bertz CT molecular complexity index is 1520. The van der Waals surface area contributed by atoms with Crippen LogP contribution in [0.4, 0.5) is 4.79 Å². The normalized spacial score (nSPS) is 22.4. The first kappa shape index (κ1) is 30.4. The Morgan fingerprint density at radius 1 is 1.11 bits per heavy atom. The molecule has 2 saturated heterocycles. The minimum Gasteiger partial charge on any atom is -0.488 e. The second-order valence-corrected chi connectivity index (χ2v) is 13.5. The standard InChI is InChI=1S/C33H41ClN6O4/c1-22-16-37(21-36-22)17-23-7-6-12-39(18-23)31(41)27-19-38(13-14-40(27)32(42)44-33(2,3)4)30-26-10-9-25(34)15-28(26)43-20-24-8-5-11-35-29(24)30/h5,8-11,15-16,21,23,27,30H,6-7,12-14,17-20H2,1-4H3/t23-,27?,30+/m0/s1. The summed E-state index contributed by atoms with van der Waals surface area (Å²) < 4.78 is 14.1. The molecule has 0 aliphatic carbocycles. The lowest BCUT2D eigenvalue weighted by Gasteiger charge is -2.45. The average molecular weight is 621 g/mol.